The molecule has 0 atom stereocenters. The molecule has 0 radical (unpaired) electrons. The van der Waals surface area contributed by atoms with E-state index >= 15 is 0 Å². The third-order valence-electron chi connectivity index (χ3n) is 6.10. The number of thiazole rings is 1. The molecule has 5 rings (SSSR count). The topological polar surface area (TPSA) is 114 Å². The van der Waals surface area contributed by atoms with Crippen LogP contribution in [-0.2, 0) is 4.79 Å². The molecule has 0 aliphatic rings. The van der Waals surface area contributed by atoms with Gasteiger partial charge in [0.2, 0.25) is 0 Å². The van der Waals surface area contributed by atoms with Crippen molar-refractivity contribution in [2.24, 2.45) is 5.10 Å². The lowest BCUT2D eigenvalue weighted by Crippen LogP contribution is -2.20. The Morgan fingerprint density at radius 1 is 0.955 bits per heavy atom. The van der Waals surface area contributed by atoms with Gasteiger partial charge in [0.05, 0.1) is 19.0 Å². The number of nitrogens with zero attached hydrogens (tertiary/aromatic N) is 2. The van der Waals surface area contributed by atoms with Crippen molar-refractivity contribution in [3.8, 4) is 22.8 Å². The van der Waals surface area contributed by atoms with Gasteiger partial charge in [0.25, 0.3) is 11.8 Å². The van der Waals surface area contributed by atoms with Crippen LogP contribution >= 0.6 is 22.9 Å². The van der Waals surface area contributed by atoms with Crippen molar-refractivity contribution in [1.82, 2.24) is 10.4 Å². The van der Waals surface area contributed by atoms with Gasteiger partial charge in [-0.3, -0.25) is 9.59 Å². The van der Waals surface area contributed by atoms with Crippen molar-refractivity contribution >= 4 is 57.5 Å². The summed E-state index contributed by atoms with van der Waals surface area (Å²) in [6.45, 7) is -0.278. The first kappa shape index (κ1) is 30.2. The molecule has 5 aromatic rings. The zero-order valence-electron chi connectivity index (χ0n) is 23.2. The summed E-state index contributed by atoms with van der Waals surface area (Å²) < 4.78 is 24.0. The maximum absolute atomic E-state index is 13.0. The van der Waals surface area contributed by atoms with E-state index in [0.29, 0.717) is 33.3 Å². The zero-order chi connectivity index (χ0) is 30.9. The summed E-state index contributed by atoms with van der Waals surface area (Å²) in [7, 11) is 1.47. The molecule has 3 N–H and O–H groups in total. The highest BCUT2D eigenvalue weighted by molar-refractivity contribution is 7.14. The van der Waals surface area contributed by atoms with E-state index in [1.807, 2.05) is 29.6 Å². The Kier molecular flexibility index (Phi) is 9.80. The minimum Gasteiger partial charge on any atom is -0.493 e. The molecule has 0 saturated carbocycles. The van der Waals surface area contributed by atoms with E-state index < -0.39 is 11.7 Å². The molecule has 0 aliphatic heterocycles. The number of aromatic nitrogens is 1. The number of hydrogen-bond donors (Lipinski definition) is 3. The van der Waals surface area contributed by atoms with E-state index in [2.05, 4.69) is 26.1 Å². The van der Waals surface area contributed by atoms with Gasteiger partial charge < -0.3 is 20.1 Å². The lowest BCUT2D eigenvalue weighted by molar-refractivity contribution is -0.118. The molecule has 0 bridgehead atoms. The molecule has 0 fully saturated rings. The first-order valence-electron chi connectivity index (χ1n) is 13.1. The Bertz CT molecular complexity index is 1780. The van der Waals surface area contributed by atoms with Gasteiger partial charge in [0.15, 0.2) is 23.2 Å². The molecule has 0 spiro atoms. The highest BCUT2D eigenvalue weighted by Crippen LogP contribution is 2.29. The van der Waals surface area contributed by atoms with E-state index in [9.17, 15) is 14.0 Å². The molecule has 0 aliphatic carbocycles. The van der Waals surface area contributed by atoms with Crippen molar-refractivity contribution in [3.63, 3.8) is 0 Å². The fourth-order valence-corrected chi connectivity index (χ4v) is 4.77. The number of halogens is 2. The Hall–Kier alpha value is -5.26. The summed E-state index contributed by atoms with van der Waals surface area (Å²) in [4.78, 5) is 29.4. The monoisotopic (exact) mass is 629 g/mol. The molecule has 44 heavy (non-hydrogen) atoms. The molecule has 1 heterocycles. The molecule has 222 valence electrons. The van der Waals surface area contributed by atoms with Crippen molar-refractivity contribution in [1.29, 1.82) is 0 Å². The van der Waals surface area contributed by atoms with E-state index in [4.69, 9.17) is 21.1 Å². The van der Waals surface area contributed by atoms with E-state index in [-0.39, 0.29) is 12.5 Å². The quantitative estimate of drug-likeness (QED) is 0.106. The number of anilines is 3. The van der Waals surface area contributed by atoms with Crippen LogP contribution in [-0.4, -0.2) is 36.7 Å². The summed E-state index contributed by atoms with van der Waals surface area (Å²) in [6.07, 6.45) is 1.46. The fraction of sp³-hybridized carbons (Fsp3) is 0.0625. The standard InChI is InChI=1S/C32H25ClFN5O4S/c1-42-29-16-20(2-15-28(29)43-18-30(40)36-25-13-9-24(34)10-14-25)17-35-39-31(41)22-5-3-21(4-6-22)27-19-44-32(38-27)37-26-11-7-23(33)8-12-26/h2-17,19H,18H2,1H3,(H,36,40)(H,37,38)(H,39,41)/b35-17-. The first-order chi connectivity index (χ1) is 21.4. The number of nitrogens with one attached hydrogen (secondary N) is 3. The van der Waals surface area contributed by atoms with Gasteiger partial charge in [0.1, 0.15) is 5.82 Å². The van der Waals surface area contributed by atoms with Crippen molar-refractivity contribution < 1.29 is 23.5 Å². The SMILES string of the molecule is COc1cc(/C=N\NC(=O)c2ccc(-c3csc(Nc4ccc(Cl)cc4)n3)cc2)ccc1OCC(=O)Nc1ccc(F)cc1. The number of methoxy groups -OCH3 is 1. The molecule has 0 unspecified atom stereocenters. The van der Waals surface area contributed by atoms with Crippen LogP contribution in [0.5, 0.6) is 11.5 Å². The Morgan fingerprint density at radius 2 is 1.68 bits per heavy atom. The van der Waals surface area contributed by atoms with Crippen LogP contribution < -0.4 is 25.5 Å². The maximum atomic E-state index is 13.0. The summed E-state index contributed by atoms with van der Waals surface area (Å²) in [5, 5.41) is 13.2. The normalized spacial score (nSPS) is 10.8. The van der Waals surface area contributed by atoms with Crippen LogP contribution in [0, 0.1) is 5.82 Å². The molecule has 1 aromatic heterocycles. The van der Waals surface area contributed by atoms with Crippen LogP contribution in [0.1, 0.15) is 15.9 Å². The van der Waals surface area contributed by atoms with Gasteiger partial charge in [-0.15, -0.1) is 11.3 Å². The van der Waals surface area contributed by atoms with Gasteiger partial charge in [-0.05, 0) is 84.4 Å². The van der Waals surface area contributed by atoms with E-state index in [0.717, 1.165) is 22.1 Å². The lowest BCUT2D eigenvalue weighted by Gasteiger charge is -2.11. The van der Waals surface area contributed by atoms with E-state index in [1.165, 1.54) is 48.9 Å². The van der Waals surface area contributed by atoms with E-state index in [1.54, 1.807) is 42.5 Å². The summed E-state index contributed by atoms with van der Waals surface area (Å²) in [5.41, 5.74) is 6.56. The second-order valence-corrected chi connectivity index (χ2v) is 10.5. The highest BCUT2D eigenvalue weighted by atomic mass is 35.5. The molecule has 12 heteroatoms. The number of benzene rings is 4. The van der Waals surface area contributed by atoms with Crippen LogP contribution in [0.2, 0.25) is 5.02 Å². The molecule has 4 aromatic carbocycles. The van der Waals surface area contributed by atoms with Crippen LogP contribution in [0.4, 0.5) is 20.9 Å². The van der Waals surface area contributed by atoms with Crippen molar-refractivity contribution in [3.05, 3.63) is 118 Å². The number of ether oxygens (including phenoxy) is 2. The Balaban J connectivity index is 1.12. The second-order valence-electron chi connectivity index (χ2n) is 9.20. The summed E-state index contributed by atoms with van der Waals surface area (Å²) >= 11 is 7.41. The summed E-state index contributed by atoms with van der Waals surface area (Å²) in [6, 6.07) is 24.8. The maximum Gasteiger partial charge on any atom is 0.271 e. The van der Waals surface area contributed by atoms with Gasteiger partial charge in [-0.25, -0.2) is 14.8 Å². The van der Waals surface area contributed by atoms with Crippen LogP contribution in [0.3, 0.4) is 0 Å². The minimum atomic E-state index is -0.414. The smallest absolute Gasteiger partial charge is 0.271 e. The highest BCUT2D eigenvalue weighted by Gasteiger charge is 2.11. The number of carbonyl (C=O) groups is 2. The van der Waals surface area contributed by atoms with Crippen molar-refractivity contribution in [2.45, 2.75) is 0 Å². The number of hydrazone groups is 1. The van der Waals surface area contributed by atoms with Crippen LogP contribution in [0.15, 0.2) is 101 Å². The summed E-state index contributed by atoms with van der Waals surface area (Å²) in [5.74, 6) is -0.472. The van der Waals surface area contributed by atoms with Crippen LogP contribution in [0.25, 0.3) is 11.3 Å². The van der Waals surface area contributed by atoms with Gasteiger partial charge in [-0.1, -0.05) is 23.7 Å². The predicted molar refractivity (Wildman–Crippen MR) is 171 cm³/mol. The van der Waals surface area contributed by atoms with Gasteiger partial charge in [0, 0.05) is 32.9 Å². The number of hydrogen-bond acceptors (Lipinski definition) is 8. The average molecular weight is 630 g/mol. The molecule has 2 amide bonds. The minimum absolute atomic E-state index is 0.278. The largest absolute Gasteiger partial charge is 0.493 e. The molecular formula is C32H25ClFN5O4S. The third kappa shape index (κ3) is 8.18. The number of amides is 2. The second kappa shape index (κ2) is 14.3. The molecule has 9 nitrogen and oxygen atoms in total. The van der Waals surface area contributed by atoms with Gasteiger partial charge >= 0.3 is 0 Å². The molecular weight excluding hydrogens is 605 g/mol. The third-order valence-corrected chi connectivity index (χ3v) is 7.11. The number of carbonyl (C=O) groups excluding carboxylic acids is 2. The molecule has 0 saturated heterocycles. The predicted octanol–water partition coefficient (Wildman–Crippen LogP) is 7.14. The van der Waals surface area contributed by atoms with Crippen molar-refractivity contribution in [2.75, 3.05) is 24.4 Å². The fourth-order valence-electron chi connectivity index (χ4n) is 3.90. The Labute approximate surface area is 261 Å². The first-order valence-corrected chi connectivity index (χ1v) is 14.4. The Morgan fingerprint density at radius 3 is 2.41 bits per heavy atom. The number of rotatable bonds is 11. The van der Waals surface area contributed by atoms with Gasteiger partial charge in [-0.2, -0.15) is 5.10 Å². The average Bonchev–Trinajstić information content (AvgIpc) is 3.51. The lowest BCUT2D eigenvalue weighted by atomic mass is 10.1. The zero-order valence-corrected chi connectivity index (χ0v) is 24.8.